The molecule has 0 aliphatic carbocycles. The van der Waals surface area contributed by atoms with Crippen LogP contribution in [0.3, 0.4) is 0 Å². The quantitative estimate of drug-likeness (QED) is 0.100. The second-order valence-corrected chi connectivity index (χ2v) is 11.3. The number of hydrogen-bond acceptors (Lipinski definition) is 5. The maximum Gasteiger partial charge on any atom is 0.469 e. The molecule has 0 aromatic rings. The molecule has 210 valence electrons. The fraction of sp³-hybridized carbons (Fsp3) is 0.714. The van der Waals surface area contributed by atoms with Gasteiger partial charge in [0.1, 0.15) is 0 Å². The minimum atomic E-state index is -4.48. The molecule has 2 unspecified atom stereocenters. The fourth-order valence-electron chi connectivity index (χ4n) is 3.56. The zero-order valence-electron chi connectivity index (χ0n) is 24.0. The zero-order valence-corrected chi connectivity index (χ0v) is 24.9. The smallest absolute Gasteiger partial charge is 0.356 e. The number of methoxy groups -OCH3 is 1. The van der Waals surface area contributed by atoms with E-state index in [4.69, 9.17) is 19.3 Å². The molecule has 0 aromatic heterocycles. The van der Waals surface area contributed by atoms with Gasteiger partial charge in [-0.1, -0.05) is 46.6 Å². The zero-order chi connectivity index (χ0) is 27.6. The monoisotopic (exact) mass is 529 g/mol. The number of phosphoric ester groups is 1. The summed E-state index contributed by atoms with van der Waals surface area (Å²) < 4.78 is 26.9. The van der Waals surface area contributed by atoms with Crippen molar-refractivity contribution in [3.05, 3.63) is 46.6 Å². The second-order valence-electron chi connectivity index (χ2n) is 10.0. The van der Waals surface area contributed by atoms with Gasteiger partial charge in [-0.05, 0) is 100 Å². The van der Waals surface area contributed by atoms with E-state index in [1.807, 2.05) is 19.0 Å². The molecule has 36 heavy (non-hydrogen) atoms. The van der Waals surface area contributed by atoms with Crippen LogP contribution >= 0.6 is 7.82 Å². The van der Waals surface area contributed by atoms with Crippen LogP contribution in [0.25, 0.3) is 0 Å². The molecular formula is C28H52NO6P. The van der Waals surface area contributed by atoms with Crippen LogP contribution in [0.2, 0.25) is 0 Å². The number of ether oxygens (including phenoxy) is 2. The molecule has 0 spiro atoms. The predicted molar refractivity (Wildman–Crippen MR) is 150 cm³/mol. The SMILES string of the molecule is COC(CCC(COP(=O)(O)O)N(C)C)OCC=C(C)CCC=C(C)CCC=C(C)CCC=C(C)C. The van der Waals surface area contributed by atoms with Gasteiger partial charge >= 0.3 is 7.82 Å². The highest BCUT2D eigenvalue weighted by Crippen LogP contribution is 2.36. The van der Waals surface area contributed by atoms with Gasteiger partial charge in [-0.15, -0.1) is 0 Å². The lowest BCUT2D eigenvalue weighted by Gasteiger charge is -2.26. The van der Waals surface area contributed by atoms with E-state index >= 15 is 0 Å². The Labute approximate surface area is 220 Å². The Kier molecular flexibility index (Phi) is 19.4. The first-order valence-electron chi connectivity index (χ1n) is 12.9. The van der Waals surface area contributed by atoms with Gasteiger partial charge < -0.3 is 24.2 Å². The average Bonchev–Trinajstić information content (AvgIpc) is 2.76. The topological polar surface area (TPSA) is 88.5 Å². The molecule has 0 saturated carbocycles. The first kappa shape index (κ1) is 35.0. The van der Waals surface area contributed by atoms with E-state index in [0.717, 1.165) is 38.5 Å². The van der Waals surface area contributed by atoms with Gasteiger partial charge in [-0.25, -0.2) is 4.57 Å². The Morgan fingerprint density at radius 2 is 1.33 bits per heavy atom. The molecule has 0 heterocycles. The lowest BCUT2D eigenvalue weighted by molar-refractivity contribution is -0.121. The predicted octanol–water partition coefficient (Wildman–Crippen LogP) is 6.94. The Morgan fingerprint density at radius 3 is 1.78 bits per heavy atom. The third-order valence-corrected chi connectivity index (χ3v) is 6.52. The van der Waals surface area contributed by atoms with E-state index in [1.165, 1.54) is 22.3 Å². The fourth-order valence-corrected chi connectivity index (χ4v) is 3.92. The van der Waals surface area contributed by atoms with Crippen LogP contribution in [0.5, 0.6) is 0 Å². The minimum Gasteiger partial charge on any atom is -0.356 e. The van der Waals surface area contributed by atoms with Crippen molar-refractivity contribution in [3.63, 3.8) is 0 Å². The van der Waals surface area contributed by atoms with Gasteiger partial charge in [0.15, 0.2) is 6.29 Å². The first-order valence-corrected chi connectivity index (χ1v) is 14.5. The summed E-state index contributed by atoms with van der Waals surface area (Å²) in [6, 6.07) is -0.145. The number of nitrogens with zero attached hydrogens (tertiary/aromatic N) is 1. The third-order valence-electron chi connectivity index (χ3n) is 6.03. The van der Waals surface area contributed by atoms with Gasteiger partial charge in [0, 0.05) is 13.2 Å². The molecule has 0 radical (unpaired) electrons. The summed E-state index contributed by atoms with van der Waals surface area (Å²) in [5.74, 6) is 0. The molecule has 0 aliphatic rings. The van der Waals surface area contributed by atoms with E-state index in [-0.39, 0.29) is 18.9 Å². The molecule has 0 aromatic carbocycles. The lowest BCUT2D eigenvalue weighted by Crippen LogP contribution is -2.33. The van der Waals surface area contributed by atoms with Crippen LogP contribution in [0.4, 0.5) is 0 Å². The van der Waals surface area contributed by atoms with Crippen LogP contribution in [-0.2, 0) is 18.6 Å². The van der Waals surface area contributed by atoms with Crippen LogP contribution in [0, 0.1) is 0 Å². The van der Waals surface area contributed by atoms with Crippen LogP contribution in [0.1, 0.15) is 86.0 Å². The molecule has 8 heteroatoms. The standard InChI is InChI=1S/C28H52NO6P/c1-23(2)12-9-13-24(3)14-10-15-25(4)16-11-17-26(5)20-21-34-28(33-8)19-18-27(29(6)7)22-35-36(30,31)32/h12,14,16,20,27-28H,9-11,13,15,17-19,21-22H2,1-8H3,(H2,30,31,32). The number of phosphoric acid groups is 1. The van der Waals surface area contributed by atoms with Crippen molar-refractivity contribution in [2.24, 2.45) is 0 Å². The van der Waals surface area contributed by atoms with Crippen LogP contribution in [0.15, 0.2) is 46.6 Å². The van der Waals surface area contributed by atoms with Crippen molar-refractivity contribution in [2.45, 2.75) is 98.3 Å². The molecule has 0 aliphatic heterocycles. The maximum atomic E-state index is 11.0. The van der Waals surface area contributed by atoms with Crippen LogP contribution < -0.4 is 0 Å². The highest BCUT2D eigenvalue weighted by Gasteiger charge is 2.21. The Hall–Kier alpha value is -1.05. The van der Waals surface area contributed by atoms with Crippen molar-refractivity contribution < 1.29 is 28.3 Å². The Bertz CT molecular complexity index is 762. The van der Waals surface area contributed by atoms with Gasteiger partial charge in [0.25, 0.3) is 0 Å². The largest absolute Gasteiger partial charge is 0.469 e. The molecule has 7 nitrogen and oxygen atoms in total. The molecule has 2 atom stereocenters. The first-order chi connectivity index (χ1) is 16.8. The molecule has 0 bridgehead atoms. The maximum absolute atomic E-state index is 11.0. The molecule has 0 rings (SSSR count). The normalized spacial score (nSPS) is 15.4. The van der Waals surface area contributed by atoms with E-state index in [0.29, 0.717) is 19.4 Å². The van der Waals surface area contributed by atoms with Gasteiger partial charge in [0.05, 0.1) is 13.2 Å². The highest BCUT2D eigenvalue weighted by molar-refractivity contribution is 7.46. The minimum absolute atomic E-state index is 0.0498. The van der Waals surface area contributed by atoms with E-state index < -0.39 is 7.82 Å². The molecular weight excluding hydrogens is 477 g/mol. The van der Waals surface area contributed by atoms with Crippen molar-refractivity contribution in [1.29, 1.82) is 0 Å². The summed E-state index contributed by atoms with van der Waals surface area (Å²) in [7, 11) is 0.824. The van der Waals surface area contributed by atoms with Gasteiger partial charge in [-0.2, -0.15) is 0 Å². The third kappa shape index (κ3) is 21.1. The molecule has 0 saturated heterocycles. The van der Waals surface area contributed by atoms with Crippen molar-refractivity contribution in [1.82, 2.24) is 4.90 Å². The molecule has 2 N–H and O–H groups in total. The van der Waals surface area contributed by atoms with Crippen LogP contribution in [-0.4, -0.2) is 61.4 Å². The van der Waals surface area contributed by atoms with E-state index in [1.54, 1.807) is 7.11 Å². The summed E-state index contributed by atoms with van der Waals surface area (Å²) >= 11 is 0. The number of hydrogen-bond donors (Lipinski definition) is 2. The summed E-state index contributed by atoms with van der Waals surface area (Å²) in [6.07, 6.45) is 16.4. The number of allylic oxidation sites excluding steroid dienone is 7. The van der Waals surface area contributed by atoms with Crippen molar-refractivity contribution in [3.8, 4) is 0 Å². The Balaban J connectivity index is 4.32. The highest BCUT2D eigenvalue weighted by atomic mass is 31.2. The Morgan fingerprint density at radius 1 is 0.833 bits per heavy atom. The van der Waals surface area contributed by atoms with Crippen molar-refractivity contribution >= 4 is 7.82 Å². The molecule has 0 fully saturated rings. The molecule has 0 amide bonds. The van der Waals surface area contributed by atoms with Crippen molar-refractivity contribution in [2.75, 3.05) is 34.4 Å². The summed E-state index contributed by atoms with van der Waals surface area (Å²) in [6.45, 7) is 11.3. The van der Waals surface area contributed by atoms with E-state index in [2.05, 4.69) is 63.4 Å². The summed E-state index contributed by atoms with van der Waals surface area (Å²) in [5.41, 5.74) is 5.58. The van der Waals surface area contributed by atoms with Gasteiger partial charge in [-0.3, -0.25) is 4.52 Å². The average molecular weight is 530 g/mol. The second kappa shape index (κ2) is 20.0. The van der Waals surface area contributed by atoms with E-state index in [9.17, 15) is 4.57 Å². The van der Waals surface area contributed by atoms with Gasteiger partial charge in [0.2, 0.25) is 0 Å². The lowest BCUT2D eigenvalue weighted by atomic mass is 10.0. The number of rotatable bonds is 20. The number of likely N-dealkylation sites (N-methyl/N-ethyl adjacent to an activating group) is 1. The summed E-state index contributed by atoms with van der Waals surface area (Å²) in [5, 5.41) is 0. The summed E-state index contributed by atoms with van der Waals surface area (Å²) in [4.78, 5) is 19.8.